The summed E-state index contributed by atoms with van der Waals surface area (Å²) in [6.45, 7) is 3.63. The van der Waals surface area contributed by atoms with Gasteiger partial charge in [-0.1, -0.05) is 26.2 Å². The molecule has 1 saturated carbocycles. The topological polar surface area (TPSA) is 44.3 Å². The van der Waals surface area contributed by atoms with Crippen molar-refractivity contribution in [2.24, 2.45) is 5.92 Å². The average molecular weight is 254 g/mol. The van der Waals surface area contributed by atoms with Crippen molar-refractivity contribution in [2.45, 2.75) is 76.4 Å². The van der Waals surface area contributed by atoms with Crippen LogP contribution in [-0.4, -0.2) is 36.4 Å². The van der Waals surface area contributed by atoms with E-state index in [1.165, 1.54) is 51.5 Å². The first-order valence-corrected chi connectivity index (χ1v) is 7.95. The first kappa shape index (κ1) is 14.3. The molecule has 0 bridgehead atoms. The van der Waals surface area contributed by atoms with Crippen molar-refractivity contribution in [2.75, 3.05) is 13.2 Å². The van der Waals surface area contributed by atoms with Gasteiger partial charge in [-0.25, -0.2) is 0 Å². The molecule has 4 atom stereocenters. The quantitative estimate of drug-likeness (QED) is 0.703. The molecule has 0 spiro atoms. The molecule has 2 rings (SSSR count). The van der Waals surface area contributed by atoms with Gasteiger partial charge in [0.25, 0.3) is 0 Å². The van der Waals surface area contributed by atoms with Crippen LogP contribution in [0.1, 0.15) is 58.3 Å². The lowest BCUT2D eigenvalue weighted by atomic mass is 9.77. The average Bonchev–Trinajstić information content (AvgIpc) is 2.46. The highest BCUT2D eigenvalue weighted by atomic mass is 16.3. The fourth-order valence-electron chi connectivity index (χ4n) is 3.69. The van der Waals surface area contributed by atoms with Crippen LogP contribution in [0.2, 0.25) is 0 Å². The molecule has 0 aromatic rings. The number of hydrogen-bond acceptors (Lipinski definition) is 3. The number of nitrogens with one attached hydrogen (secondary N) is 2. The van der Waals surface area contributed by atoms with Gasteiger partial charge in [-0.05, 0) is 44.6 Å². The summed E-state index contributed by atoms with van der Waals surface area (Å²) in [6, 6.07) is 1.62. The molecular weight excluding hydrogens is 224 g/mol. The Labute approximate surface area is 112 Å². The Bertz CT molecular complexity index is 225. The van der Waals surface area contributed by atoms with Crippen LogP contribution in [0.25, 0.3) is 0 Å². The molecule has 0 radical (unpaired) electrons. The molecule has 2 aliphatic rings. The third kappa shape index (κ3) is 3.69. The van der Waals surface area contributed by atoms with Crippen LogP contribution in [0.4, 0.5) is 0 Å². The number of rotatable bonds is 5. The lowest BCUT2D eigenvalue weighted by Gasteiger charge is -2.41. The maximum absolute atomic E-state index is 9.38. The molecule has 0 aromatic carbocycles. The predicted molar refractivity (Wildman–Crippen MR) is 75.7 cm³/mol. The Kier molecular flexibility index (Phi) is 5.93. The van der Waals surface area contributed by atoms with E-state index in [0.29, 0.717) is 18.1 Å². The van der Waals surface area contributed by atoms with Crippen LogP contribution in [-0.2, 0) is 0 Å². The van der Waals surface area contributed by atoms with Gasteiger partial charge in [0.05, 0.1) is 6.61 Å². The highest BCUT2D eigenvalue weighted by molar-refractivity contribution is 4.91. The SMILES string of the molecule is CC[C@@H](CO)NC1CCCCC1C1CCCCN1. The number of aliphatic hydroxyl groups excluding tert-OH is 1. The monoisotopic (exact) mass is 254 g/mol. The summed E-state index contributed by atoms with van der Waals surface area (Å²) in [5.74, 6) is 0.777. The molecule has 1 heterocycles. The zero-order valence-electron chi connectivity index (χ0n) is 11.8. The van der Waals surface area contributed by atoms with Crippen LogP contribution in [0.15, 0.2) is 0 Å². The first-order valence-electron chi connectivity index (χ1n) is 7.95. The van der Waals surface area contributed by atoms with Crippen LogP contribution in [0.5, 0.6) is 0 Å². The third-order valence-corrected chi connectivity index (χ3v) is 4.85. The van der Waals surface area contributed by atoms with E-state index in [2.05, 4.69) is 17.6 Å². The molecule has 0 amide bonds. The van der Waals surface area contributed by atoms with Gasteiger partial charge < -0.3 is 15.7 Å². The molecule has 1 aliphatic heterocycles. The van der Waals surface area contributed by atoms with Crippen molar-refractivity contribution in [1.82, 2.24) is 10.6 Å². The predicted octanol–water partition coefficient (Wildman–Crippen LogP) is 2.05. The summed E-state index contributed by atoms with van der Waals surface area (Å²) >= 11 is 0. The normalized spacial score (nSPS) is 35.3. The Morgan fingerprint density at radius 1 is 1.17 bits per heavy atom. The van der Waals surface area contributed by atoms with Gasteiger partial charge in [-0.3, -0.25) is 0 Å². The molecule has 18 heavy (non-hydrogen) atoms. The van der Waals surface area contributed by atoms with E-state index >= 15 is 0 Å². The van der Waals surface area contributed by atoms with Crippen molar-refractivity contribution in [3.05, 3.63) is 0 Å². The highest BCUT2D eigenvalue weighted by Gasteiger charge is 2.33. The Morgan fingerprint density at radius 2 is 1.94 bits per heavy atom. The van der Waals surface area contributed by atoms with Gasteiger partial charge in [-0.15, -0.1) is 0 Å². The molecular formula is C15H30N2O. The third-order valence-electron chi connectivity index (χ3n) is 4.85. The van der Waals surface area contributed by atoms with Gasteiger partial charge in [0.15, 0.2) is 0 Å². The Morgan fingerprint density at radius 3 is 2.61 bits per heavy atom. The van der Waals surface area contributed by atoms with E-state index in [9.17, 15) is 5.11 Å². The van der Waals surface area contributed by atoms with Crippen LogP contribution in [0.3, 0.4) is 0 Å². The van der Waals surface area contributed by atoms with Gasteiger partial charge in [0.2, 0.25) is 0 Å². The summed E-state index contributed by atoms with van der Waals surface area (Å²) in [5.41, 5.74) is 0. The summed E-state index contributed by atoms with van der Waals surface area (Å²) in [6.07, 6.45) is 10.5. The molecule has 3 N–H and O–H groups in total. The van der Waals surface area contributed by atoms with Gasteiger partial charge in [0, 0.05) is 18.1 Å². The van der Waals surface area contributed by atoms with E-state index in [1.54, 1.807) is 0 Å². The van der Waals surface area contributed by atoms with E-state index < -0.39 is 0 Å². The molecule has 2 fully saturated rings. The highest BCUT2D eigenvalue weighted by Crippen LogP contribution is 2.30. The second kappa shape index (κ2) is 7.46. The number of hydrogen-bond donors (Lipinski definition) is 3. The Balaban J connectivity index is 1.91. The zero-order chi connectivity index (χ0) is 12.8. The van der Waals surface area contributed by atoms with Crippen molar-refractivity contribution in [3.8, 4) is 0 Å². The van der Waals surface area contributed by atoms with Gasteiger partial charge in [-0.2, -0.15) is 0 Å². The molecule has 3 heteroatoms. The largest absolute Gasteiger partial charge is 0.395 e. The molecule has 1 aliphatic carbocycles. The fourth-order valence-corrected chi connectivity index (χ4v) is 3.69. The van der Waals surface area contributed by atoms with E-state index in [0.717, 1.165) is 12.3 Å². The molecule has 1 saturated heterocycles. The van der Waals surface area contributed by atoms with Crippen molar-refractivity contribution < 1.29 is 5.11 Å². The van der Waals surface area contributed by atoms with Crippen LogP contribution in [0, 0.1) is 5.92 Å². The Hall–Kier alpha value is -0.120. The minimum absolute atomic E-state index is 0.276. The fraction of sp³-hybridized carbons (Fsp3) is 1.00. The van der Waals surface area contributed by atoms with E-state index in [-0.39, 0.29) is 6.61 Å². The maximum atomic E-state index is 9.38. The van der Waals surface area contributed by atoms with E-state index in [4.69, 9.17) is 0 Å². The van der Waals surface area contributed by atoms with Crippen molar-refractivity contribution >= 4 is 0 Å². The molecule has 0 aromatic heterocycles. The van der Waals surface area contributed by atoms with Gasteiger partial charge in [0.1, 0.15) is 0 Å². The zero-order valence-corrected chi connectivity index (χ0v) is 11.8. The lowest BCUT2D eigenvalue weighted by molar-refractivity contribution is 0.150. The number of piperidine rings is 1. The first-order chi connectivity index (χ1) is 8.85. The minimum Gasteiger partial charge on any atom is -0.395 e. The summed E-state index contributed by atoms with van der Waals surface area (Å²) in [4.78, 5) is 0. The van der Waals surface area contributed by atoms with Crippen molar-refractivity contribution in [3.63, 3.8) is 0 Å². The maximum Gasteiger partial charge on any atom is 0.0584 e. The smallest absolute Gasteiger partial charge is 0.0584 e. The summed E-state index contributed by atoms with van der Waals surface area (Å²) in [7, 11) is 0. The molecule has 3 unspecified atom stereocenters. The lowest BCUT2D eigenvalue weighted by Crippen LogP contribution is -2.53. The minimum atomic E-state index is 0.276. The van der Waals surface area contributed by atoms with E-state index in [1.807, 2.05) is 0 Å². The second-order valence-corrected chi connectivity index (χ2v) is 6.07. The van der Waals surface area contributed by atoms with Crippen LogP contribution < -0.4 is 10.6 Å². The summed E-state index contributed by atoms with van der Waals surface area (Å²) in [5, 5.41) is 16.8. The molecule has 106 valence electrons. The standard InChI is InChI=1S/C15H30N2O/c1-2-12(11-18)17-15-9-4-3-7-13(15)14-8-5-6-10-16-14/h12-18H,2-11H2,1H3/t12-,13?,14?,15?/m0/s1. The number of aliphatic hydroxyl groups is 1. The van der Waals surface area contributed by atoms with Crippen LogP contribution >= 0.6 is 0 Å². The second-order valence-electron chi connectivity index (χ2n) is 6.07. The summed E-state index contributed by atoms with van der Waals surface area (Å²) < 4.78 is 0. The molecule has 3 nitrogen and oxygen atoms in total. The van der Waals surface area contributed by atoms with Gasteiger partial charge >= 0.3 is 0 Å². The van der Waals surface area contributed by atoms with Crippen molar-refractivity contribution in [1.29, 1.82) is 0 Å².